The van der Waals surface area contributed by atoms with Gasteiger partial charge in [0, 0.05) is 16.4 Å². The minimum absolute atomic E-state index is 0.0749. The SMILES string of the molecule is COc1ccccc1CC(=O)NC1CCCCCC1Br. The summed E-state index contributed by atoms with van der Waals surface area (Å²) in [6, 6.07) is 7.93. The molecule has 110 valence electrons. The molecule has 1 amide bonds. The van der Waals surface area contributed by atoms with Gasteiger partial charge in [-0.1, -0.05) is 53.4 Å². The Morgan fingerprint density at radius 1 is 1.30 bits per heavy atom. The van der Waals surface area contributed by atoms with E-state index in [0.717, 1.165) is 24.2 Å². The van der Waals surface area contributed by atoms with Crippen molar-refractivity contribution in [1.29, 1.82) is 0 Å². The number of ether oxygens (including phenoxy) is 1. The van der Waals surface area contributed by atoms with Crippen LogP contribution in [-0.2, 0) is 11.2 Å². The van der Waals surface area contributed by atoms with Gasteiger partial charge in [-0.05, 0) is 18.9 Å². The lowest BCUT2D eigenvalue weighted by Gasteiger charge is -2.21. The van der Waals surface area contributed by atoms with Gasteiger partial charge in [-0.3, -0.25) is 4.79 Å². The van der Waals surface area contributed by atoms with Crippen LogP contribution < -0.4 is 10.1 Å². The molecule has 20 heavy (non-hydrogen) atoms. The van der Waals surface area contributed by atoms with Crippen LogP contribution in [0.1, 0.15) is 37.7 Å². The molecule has 2 unspecified atom stereocenters. The largest absolute Gasteiger partial charge is 0.496 e. The van der Waals surface area contributed by atoms with E-state index in [1.54, 1.807) is 7.11 Å². The minimum Gasteiger partial charge on any atom is -0.496 e. The number of halogens is 1. The molecule has 1 aliphatic carbocycles. The number of carbonyl (C=O) groups excluding carboxylic acids is 1. The predicted octanol–water partition coefficient (Wildman–Crippen LogP) is 3.45. The maximum absolute atomic E-state index is 12.2. The molecule has 2 rings (SSSR count). The molecule has 1 aromatic rings. The third kappa shape index (κ3) is 4.23. The average Bonchev–Trinajstić information content (AvgIpc) is 2.65. The van der Waals surface area contributed by atoms with Crippen LogP contribution in [0.5, 0.6) is 5.75 Å². The van der Waals surface area contributed by atoms with E-state index in [0.29, 0.717) is 11.2 Å². The number of benzene rings is 1. The highest BCUT2D eigenvalue weighted by molar-refractivity contribution is 9.09. The highest BCUT2D eigenvalue weighted by Gasteiger charge is 2.23. The number of hydrogen-bond donors (Lipinski definition) is 1. The second kappa shape index (κ2) is 7.67. The second-order valence-electron chi connectivity index (χ2n) is 5.32. The van der Waals surface area contributed by atoms with Gasteiger partial charge in [-0.2, -0.15) is 0 Å². The number of methoxy groups -OCH3 is 1. The van der Waals surface area contributed by atoms with Crippen LogP contribution in [0.25, 0.3) is 0 Å². The van der Waals surface area contributed by atoms with Crippen molar-refractivity contribution in [2.45, 2.75) is 49.4 Å². The number of hydrogen-bond acceptors (Lipinski definition) is 2. The van der Waals surface area contributed by atoms with Crippen LogP contribution in [0, 0.1) is 0 Å². The molecule has 1 saturated carbocycles. The quantitative estimate of drug-likeness (QED) is 0.673. The Kier molecular flexibility index (Phi) is 5.89. The van der Waals surface area contributed by atoms with Gasteiger partial charge in [-0.25, -0.2) is 0 Å². The number of nitrogens with one attached hydrogen (secondary N) is 1. The summed E-state index contributed by atoms with van der Waals surface area (Å²) in [5.41, 5.74) is 0.937. The van der Waals surface area contributed by atoms with E-state index in [9.17, 15) is 4.79 Å². The fourth-order valence-electron chi connectivity index (χ4n) is 2.70. The molecule has 0 radical (unpaired) electrons. The first kappa shape index (κ1) is 15.4. The maximum Gasteiger partial charge on any atom is 0.224 e. The number of para-hydroxylation sites is 1. The smallest absolute Gasteiger partial charge is 0.224 e. The lowest BCUT2D eigenvalue weighted by Crippen LogP contribution is -2.41. The molecule has 1 fully saturated rings. The molecule has 1 N–H and O–H groups in total. The number of alkyl halides is 1. The van der Waals surface area contributed by atoms with E-state index < -0.39 is 0 Å². The Labute approximate surface area is 129 Å². The predicted molar refractivity (Wildman–Crippen MR) is 84.4 cm³/mol. The van der Waals surface area contributed by atoms with Crippen molar-refractivity contribution in [3.63, 3.8) is 0 Å². The van der Waals surface area contributed by atoms with Crippen molar-refractivity contribution in [2.75, 3.05) is 7.11 Å². The van der Waals surface area contributed by atoms with Gasteiger partial charge in [-0.15, -0.1) is 0 Å². The number of amides is 1. The van der Waals surface area contributed by atoms with Crippen molar-refractivity contribution in [3.8, 4) is 5.75 Å². The molecule has 0 aliphatic heterocycles. The summed E-state index contributed by atoms with van der Waals surface area (Å²) in [6.07, 6.45) is 6.28. The molecule has 0 aromatic heterocycles. The van der Waals surface area contributed by atoms with Gasteiger partial charge in [0.1, 0.15) is 5.75 Å². The molecule has 3 nitrogen and oxygen atoms in total. The molecule has 4 heteroatoms. The standard InChI is InChI=1S/C16H22BrNO2/c1-20-15-10-6-5-7-12(15)11-16(19)18-14-9-4-2-3-8-13(14)17/h5-7,10,13-14H,2-4,8-9,11H2,1H3,(H,18,19). The van der Waals surface area contributed by atoms with Crippen LogP contribution in [0.2, 0.25) is 0 Å². The van der Waals surface area contributed by atoms with Crippen LogP contribution >= 0.6 is 15.9 Å². The molecule has 0 spiro atoms. The normalized spacial score (nSPS) is 22.9. The van der Waals surface area contributed by atoms with Gasteiger partial charge in [0.15, 0.2) is 0 Å². The number of rotatable bonds is 4. The fourth-order valence-corrected chi connectivity index (χ4v) is 3.43. The Hall–Kier alpha value is -1.03. The van der Waals surface area contributed by atoms with Crippen molar-refractivity contribution in [2.24, 2.45) is 0 Å². The maximum atomic E-state index is 12.2. The Morgan fingerprint density at radius 2 is 2.05 bits per heavy atom. The fraction of sp³-hybridized carbons (Fsp3) is 0.562. The second-order valence-corrected chi connectivity index (χ2v) is 6.49. The van der Waals surface area contributed by atoms with Gasteiger partial charge in [0.25, 0.3) is 0 Å². The van der Waals surface area contributed by atoms with Crippen LogP contribution in [0.4, 0.5) is 0 Å². The zero-order valence-corrected chi connectivity index (χ0v) is 13.5. The van der Waals surface area contributed by atoms with E-state index in [1.165, 1.54) is 19.3 Å². The van der Waals surface area contributed by atoms with Crippen molar-refractivity contribution in [1.82, 2.24) is 5.32 Å². The summed E-state index contributed by atoms with van der Waals surface area (Å²) >= 11 is 3.71. The van der Waals surface area contributed by atoms with Gasteiger partial charge in [0.05, 0.1) is 13.5 Å². The van der Waals surface area contributed by atoms with Crippen molar-refractivity contribution in [3.05, 3.63) is 29.8 Å². The van der Waals surface area contributed by atoms with E-state index in [-0.39, 0.29) is 11.9 Å². The Bertz CT molecular complexity index is 450. The van der Waals surface area contributed by atoms with E-state index in [1.807, 2.05) is 24.3 Å². The lowest BCUT2D eigenvalue weighted by molar-refractivity contribution is -0.121. The summed E-state index contributed by atoms with van der Waals surface area (Å²) in [6.45, 7) is 0. The van der Waals surface area contributed by atoms with Crippen LogP contribution in [-0.4, -0.2) is 23.9 Å². The molecule has 1 aromatic carbocycles. The third-order valence-corrected chi connectivity index (χ3v) is 4.92. The molecule has 1 aliphatic rings. The molecule has 0 saturated heterocycles. The first-order chi connectivity index (χ1) is 9.70. The minimum atomic E-state index is 0.0749. The van der Waals surface area contributed by atoms with Crippen molar-refractivity contribution >= 4 is 21.8 Å². The number of carbonyl (C=O) groups is 1. The molecule has 0 heterocycles. The van der Waals surface area contributed by atoms with Crippen LogP contribution in [0.3, 0.4) is 0 Å². The highest BCUT2D eigenvalue weighted by Crippen LogP contribution is 2.24. The van der Waals surface area contributed by atoms with Crippen LogP contribution in [0.15, 0.2) is 24.3 Å². The Morgan fingerprint density at radius 3 is 2.85 bits per heavy atom. The molecular formula is C16H22BrNO2. The summed E-state index contributed by atoms with van der Waals surface area (Å²) in [5, 5.41) is 3.17. The van der Waals surface area contributed by atoms with E-state index in [2.05, 4.69) is 21.2 Å². The van der Waals surface area contributed by atoms with Gasteiger partial charge < -0.3 is 10.1 Å². The lowest BCUT2D eigenvalue weighted by atomic mass is 10.1. The summed E-state index contributed by atoms with van der Waals surface area (Å²) in [5.74, 6) is 0.852. The topological polar surface area (TPSA) is 38.3 Å². The molecular weight excluding hydrogens is 318 g/mol. The zero-order valence-electron chi connectivity index (χ0n) is 11.9. The molecule has 0 bridgehead atoms. The summed E-state index contributed by atoms with van der Waals surface area (Å²) in [4.78, 5) is 12.6. The van der Waals surface area contributed by atoms with Gasteiger partial charge in [0.2, 0.25) is 5.91 Å². The first-order valence-corrected chi connectivity index (χ1v) is 8.17. The van der Waals surface area contributed by atoms with E-state index >= 15 is 0 Å². The monoisotopic (exact) mass is 339 g/mol. The summed E-state index contributed by atoms with van der Waals surface area (Å²) in [7, 11) is 1.64. The summed E-state index contributed by atoms with van der Waals surface area (Å²) < 4.78 is 5.29. The molecule has 2 atom stereocenters. The highest BCUT2D eigenvalue weighted by atomic mass is 79.9. The first-order valence-electron chi connectivity index (χ1n) is 7.26. The zero-order chi connectivity index (χ0) is 14.4. The average molecular weight is 340 g/mol. The Balaban J connectivity index is 1.94. The van der Waals surface area contributed by atoms with Crippen molar-refractivity contribution < 1.29 is 9.53 Å². The van der Waals surface area contributed by atoms with E-state index in [4.69, 9.17) is 4.74 Å². The third-order valence-electron chi connectivity index (χ3n) is 3.82. The van der Waals surface area contributed by atoms with Gasteiger partial charge >= 0.3 is 0 Å².